The second-order valence-corrected chi connectivity index (χ2v) is 9.64. The fourth-order valence-corrected chi connectivity index (χ4v) is 5.26. The molecule has 1 saturated heterocycles. The van der Waals surface area contributed by atoms with E-state index in [9.17, 15) is 8.42 Å². The van der Waals surface area contributed by atoms with E-state index in [1.807, 2.05) is 25.1 Å². The summed E-state index contributed by atoms with van der Waals surface area (Å²) in [7, 11) is -3.64. The largest absolute Gasteiger partial charge is 0.369 e. The Hall–Kier alpha value is -2.48. The number of benzene rings is 2. The first-order valence-electron chi connectivity index (χ1n) is 10.3. The van der Waals surface area contributed by atoms with Crippen LogP contribution in [-0.2, 0) is 10.0 Å². The van der Waals surface area contributed by atoms with Crippen LogP contribution in [0.5, 0.6) is 0 Å². The SMILES string of the molecule is Cc1cnc2c(S(=O)(=O)NC[C@@H](C)N3CCN(c4ccccc4)CC3)cccc2c1. The highest BCUT2D eigenvalue weighted by Gasteiger charge is 2.24. The number of hydrogen-bond donors (Lipinski definition) is 1. The van der Waals surface area contributed by atoms with Crippen molar-refractivity contribution in [2.24, 2.45) is 0 Å². The maximum Gasteiger partial charge on any atom is 0.242 e. The molecule has 1 aliphatic rings. The van der Waals surface area contributed by atoms with Crippen LogP contribution in [0.2, 0.25) is 0 Å². The van der Waals surface area contributed by atoms with Gasteiger partial charge < -0.3 is 4.90 Å². The van der Waals surface area contributed by atoms with Gasteiger partial charge in [-0.25, -0.2) is 13.1 Å². The summed E-state index contributed by atoms with van der Waals surface area (Å²) in [6.07, 6.45) is 1.70. The van der Waals surface area contributed by atoms with Gasteiger partial charge in [0.2, 0.25) is 10.0 Å². The van der Waals surface area contributed by atoms with Crippen molar-refractivity contribution in [1.82, 2.24) is 14.6 Å². The van der Waals surface area contributed by atoms with Crippen LogP contribution in [0, 0.1) is 6.92 Å². The summed E-state index contributed by atoms with van der Waals surface area (Å²) in [6.45, 7) is 8.09. The Labute approximate surface area is 178 Å². The zero-order chi connectivity index (χ0) is 21.1. The Balaban J connectivity index is 1.39. The minimum atomic E-state index is -3.64. The van der Waals surface area contributed by atoms with Gasteiger partial charge in [0.25, 0.3) is 0 Å². The van der Waals surface area contributed by atoms with Crippen molar-refractivity contribution in [2.75, 3.05) is 37.6 Å². The lowest BCUT2D eigenvalue weighted by atomic mass is 10.2. The molecule has 0 saturated carbocycles. The number of aromatic nitrogens is 1. The number of sulfonamides is 1. The molecule has 1 fully saturated rings. The number of fused-ring (bicyclic) bond motifs is 1. The lowest BCUT2D eigenvalue weighted by Gasteiger charge is -2.39. The molecule has 2 heterocycles. The molecule has 1 aromatic heterocycles. The zero-order valence-corrected chi connectivity index (χ0v) is 18.3. The van der Waals surface area contributed by atoms with Crippen LogP contribution < -0.4 is 9.62 Å². The molecule has 1 aliphatic heterocycles. The molecule has 0 radical (unpaired) electrons. The highest BCUT2D eigenvalue weighted by Crippen LogP contribution is 2.22. The van der Waals surface area contributed by atoms with E-state index in [0.717, 1.165) is 37.1 Å². The number of nitrogens with one attached hydrogen (secondary N) is 1. The van der Waals surface area contributed by atoms with Gasteiger partial charge in [-0.2, -0.15) is 0 Å². The number of rotatable bonds is 6. The molecule has 0 bridgehead atoms. The molecule has 158 valence electrons. The van der Waals surface area contributed by atoms with E-state index in [2.05, 4.69) is 50.7 Å². The normalized spacial score (nSPS) is 16.7. The van der Waals surface area contributed by atoms with E-state index in [1.54, 1.807) is 18.3 Å². The van der Waals surface area contributed by atoms with Crippen molar-refractivity contribution < 1.29 is 8.42 Å². The summed E-state index contributed by atoms with van der Waals surface area (Å²) >= 11 is 0. The molecule has 0 spiro atoms. The first kappa shape index (κ1) is 20.8. The second-order valence-electron chi connectivity index (χ2n) is 7.90. The minimum absolute atomic E-state index is 0.114. The summed E-state index contributed by atoms with van der Waals surface area (Å²) in [4.78, 5) is 9.32. The van der Waals surface area contributed by atoms with Gasteiger partial charge in [0.1, 0.15) is 4.90 Å². The maximum atomic E-state index is 13.0. The standard InChI is InChI=1S/C23H28N4O2S/c1-18-15-20-7-6-10-22(23(20)24-16-18)30(28,29)25-17-19(2)26-11-13-27(14-12-26)21-8-4-3-5-9-21/h3-10,15-16,19,25H,11-14,17H2,1-2H3/t19-/m1/s1. The van der Waals surface area contributed by atoms with Gasteiger partial charge in [0.15, 0.2) is 0 Å². The predicted octanol–water partition coefficient (Wildman–Crippen LogP) is 3.03. The van der Waals surface area contributed by atoms with E-state index >= 15 is 0 Å². The molecule has 4 rings (SSSR count). The molecule has 1 atom stereocenters. The zero-order valence-electron chi connectivity index (χ0n) is 17.5. The predicted molar refractivity (Wildman–Crippen MR) is 121 cm³/mol. The number of pyridine rings is 1. The van der Waals surface area contributed by atoms with Crippen LogP contribution in [-0.4, -0.2) is 57.1 Å². The van der Waals surface area contributed by atoms with Gasteiger partial charge in [-0.3, -0.25) is 9.88 Å². The third-order valence-electron chi connectivity index (χ3n) is 5.73. The number of aryl methyl sites for hydroxylation is 1. The molecule has 6 nitrogen and oxygen atoms in total. The van der Waals surface area contributed by atoms with Crippen molar-refractivity contribution in [3.05, 3.63) is 66.4 Å². The molecule has 0 unspecified atom stereocenters. The number of para-hydroxylation sites is 2. The number of piperazine rings is 1. The molecule has 3 aromatic rings. The number of anilines is 1. The Morgan fingerprint density at radius 2 is 1.77 bits per heavy atom. The van der Waals surface area contributed by atoms with Crippen molar-refractivity contribution in [3.63, 3.8) is 0 Å². The third kappa shape index (κ3) is 4.48. The summed E-state index contributed by atoms with van der Waals surface area (Å²) < 4.78 is 28.8. The van der Waals surface area contributed by atoms with Gasteiger partial charge in [-0.05, 0) is 43.7 Å². The monoisotopic (exact) mass is 424 g/mol. The lowest BCUT2D eigenvalue weighted by molar-refractivity contribution is 0.198. The van der Waals surface area contributed by atoms with Crippen LogP contribution in [0.25, 0.3) is 10.9 Å². The topological polar surface area (TPSA) is 65.5 Å². The summed E-state index contributed by atoms with van der Waals surface area (Å²) in [5.41, 5.74) is 2.76. The van der Waals surface area contributed by atoms with Crippen molar-refractivity contribution in [1.29, 1.82) is 0 Å². The van der Waals surface area contributed by atoms with E-state index < -0.39 is 10.0 Å². The Kier molecular flexibility index (Phi) is 6.04. The van der Waals surface area contributed by atoms with Crippen LogP contribution in [0.15, 0.2) is 65.7 Å². The van der Waals surface area contributed by atoms with Crippen LogP contribution in [0.3, 0.4) is 0 Å². The van der Waals surface area contributed by atoms with Gasteiger partial charge in [0.05, 0.1) is 5.52 Å². The highest BCUT2D eigenvalue weighted by molar-refractivity contribution is 7.89. The molecular weight excluding hydrogens is 396 g/mol. The Morgan fingerprint density at radius 1 is 1.03 bits per heavy atom. The Bertz CT molecular complexity index is 1110. The smallest absolute Gasteiger partial charge is 0.242 e. The molecular formula is C23H28N4O2S. The maximum absolute atomic E-state index is 13.0. The van der Waals surface area contributed by atoms with Gasteiger partial charge in [0, 0.05) is 56.0 Å². The van der Waals surface area contributed by atoms with Crippen molar-refractivity contribution >= 4 is 26.6 Å². The molecule has 0 amide bonds. The molecule has 2 aromatic carbocycles. The van der Waals surface area contributed by atoms with Crippen molar-refractivity contribution in [2.45, 2.75) is 24.8 Å². The first-order valence-corrected chi connectivity index (χ1v) is 11.8. The van der Waals surface area contributed by atoms with Crippen LogP contribution in [0.1, 0.15) is 12.5 Å². The van der Waals surface area contributed by atoms with E-state index in [0.29, 0.717) is 12.1 Å². The van der Waals surface area contributed by atoms with E-state index in [4.69, 9.17) is 0 Å². The quantitative estimate of drug-likeness (QED) is 0.659. The summed E-state index contributed by atoms with van der Waals surface area (Å²) in [5.74, 6) is 0. The summed E-state index contributed by atoms with van der Waals surface area (Å²) in [6, 6.07) is 17.8. The molecule has 0 aliphatic carbocycles. The van der Waals surface area contributed by atoms with E-state index in [1.165, 1.54) is 5.69 Å². The second kappa shape index (κ2) is 8.71. The van der Waals surface area contributed by atoms with Crippen LogP contribution >= 0.6 is 0 Å². The third-order valence-corrected chi connectivity index (χ3v) is 7.18. The van der Waals surface area contributed by atoms with Crippen molar-refractivity contribution in [3.8, 4) is 0 Å². The fraction of sp³-hybridized carbons (Fsp3) is 0.348. The molecule has 30 heavy (non-hydrogen) atoms. The van der Waals surface area contributed by atoms with Crippen LogP contribution in [0.4, 0.5) is 5.69 Å². The summed E-state index contributed by atoms with van der Waals surface area (Å²) in [5, 5.41) is 0.836. The fourth-order valence-electron chi connectivity index (χ4n) is 3.96. The Morgan fingerprint density at radius 3 is 2.50 bits per heavy atom. The van der Waals surface area contributed by atoms with E-state index in [-0.39, 0.29) is 10.9 Å². The minimum Gasteiger partial charge on any atom is -0.369 e. The molecule has 1 N–H and O–H groups in total. The first-order chi connectivity index (χ1) is 14.4. The molecule has 7 heteroatoms. The van der Waals surface area contributed by atoms with Gasteiger partial charge in [-0.15, -0.1) is 0 Å². The lowest BCUT2D eigenvalue weighted by Crippen LogP contribution is -2.52. The van der Waals surface area contributed by atoms with Gasteiger partial charge >= 0.3 is 0 Å². The number of hydrogen-bond acceptors (Lipinski definition) is 5. The number of nitrogens with zero attached hydrogens (tertiary/aromatic N) is 3. The average molecular weight is 425 g/mol. The average Bonchev–Trinajstić information content (AvgIpc) is 2.77. The van der Waals surface area contributed by atoms with Gasteiger partial charge in [-0.1, -0.05) is 30.3 Å². The highest BCUT2D eigenvalue weighted by atomic mass is 32.2.